The highest BCUT2D eigenvalue weighted by molar-refractivity contribution is 5.64. The Balaban J connectivity index is 1.30. The van der Waals surface area contributed by atoms with Crippen LogP contribution in [-0.4, -0.2) is 6.61 Å². The van der Waals surface area contributed by atoms with Gasteiger partial charge in [0.25, 0.3) is 0 Å². The quantitative estimate of drug-likeness (QED) is 0.267. The Morgan fingerprint density at radius 3 is 1.66 bits per heavy atom. The van der Waals surface area contributed by atoms with Crippen LogP contribution in [0.15, 0.2) is 103 Å². The first-order chi connectivity index (χ1) is 15.7. The third-order valence-corrected chi connectivity index (χ3v) is 6.09. The zero-order chi connectivity index (χ0) is 22.2. The van der Waals surface area contributed by atoms with Crippen molar-refractivity contribution >= 4 is 0 Å². The molecule has 1 heteroatoms. The first-order valence-corrected chi connectivity index (χ1v) is 11.7. The van der Waals surface area contributed by atoms with E-state index in [0.717, 1.165) is 25.0 Å². The van der Waals surface area contributed by atoms with E-state index in [1.54, 1.807) is 0 Å². The van der Waals surface area contributed by atoms with Crippen LogP contribution in [-0.2, 0) is 19.3 Å². The molecular weight excluding hydrogens is 388 g/mol. The van der Waals surface area contributed by atoms with Crippen LogP contribution in [0.25, 0.3) is 11.1 Å². The summed E-state index contributed by atoms with van der Waals surface area (Å²) in [4.78, 5) is 0. The molecule has 1 unspecified atom stereocenters. The third kappa shape index (κ3) is 5.88. The van der Waals surface area contributed by atoms with Gasteiger partial charge in [-0.3, -0.25) is 0 Å². The number of ether oxygens (including phenoxy) is 1. The number of benzene rings is 4. The molecule has 0 amide bonds. The molecule has 162 valence electrons. The molecule has 0 heterocycles. The van der Waals surface area contributed by atoms with Crippen LogP contribution >= 0.6 is 0 Å². The number of hydrogen-bond donors (Lipinski definition) is 0. The number of hydrogen-bond acceptors (Lipinski definition) is 1. The van der Waals surface area contributed by atoms with Gasteiger partial charge in [0.1, 0.15) is 5.75 Å². The SMILES string of the molecule is CCOc1ccc(-c2ccc(CCc3ccc(CC(C)c4ccccc4)cc3)cc2)cc1. The molecule has 0 N–H and O–H groups in total. The molecule has 4 rings (SSSR count). The van der Waals surface area contributed by atoms with Gasteiger partial charge in [0.15, 0.2) is 0 Å². The van der Waals surface area contributed by atoms with E-state index in [4.69, 9.17) is 4.74 Å². The van der Waals surface area contributed by atoms with E-state index in [1.165, 1.54) is 33.4 Å². The Labute approximate surface area is 192 Å². The number of aryl methyl sites for hydroxylation is 2. The maximum Gasteiger partial charge on any atom is 0.119 e. The molecule has 0 aliphatic rings. The molecule has 0 bridgehead atoms. The summed E-state index contributed by atoms with van der Waals surface area (Å²) in [7, 11) is 0. The predicted octanol–water partition coefficient (Wildman–Crippen LogP) is 7.88. The lowest BCUT2D eigenvalue weighted by atomic mass is 9.93. The molecule has 0 aliphatic heterocycles. The molecule has 4 aromatic rings. The maximum absolute atomic E-state index is 5.54. The van der Waals surface area contributed by atoms with E-state index < -0.39 is 0 Å². The fraction of sp³-hybridized carbons (Fsp3) is 0.226. The molecule has 4 aromatic carbocycles. The fourth-order valence-corrected chi connectivity index (χ4v) is 4.16. The van der Waals surface area contributed by atoms with Crippen molar-refractivity contribution in [3.63, 3.8) is 0 Å². The first kappa shape index (κ1) is 21.9. The van der Waals surface area contributed by atoms with Crippen molar-refractivity contribution in [1.82, 2.24) is 0 Å². The standard InChI is InChI=1S/C31H32O/c1-3-32-31-21-19-30(20-22-31)29-17-15-26(16-18-29)10-9-25-11-13-27(14-12-25)23-24(2)28-7-5-4-6-8-28/h4-8,11-22,24H,3,9-10,23H2,1-2H3. The van der Waals surface area contributed by atoms with Gasteiger partial charge in [0.05, 0.1) is 6.61 Å². The van der Waals surface area contributed by atoms with Crippen molar-refractivity contribution in [2.24, 2.45) is 0 Å². The van der Waals surface area contributed by atoms with Gasteiger partial charge in [-0.05, 0) is 77.6 Å². The summed E-state index contributed by atoms with van der Waals surface area (Å²) in [5.74, 6) is 1.46. The van der Waals surface area contributed by atoms with Gasteiger partial charge in [0.2, 0.25) is 0 Å². The van der Waals surface area contributed by atoms with E-state index in [9.17, 15) is 0 Å². The highest BCUT2D eigenvalue weighted by Gasteiger charge is 2.06. The van der Waals surface area contributed by atoms with E-state index >= 15 is 0 Å². The zero-order valence-corrected chi connectivity index (χ0v) is 19.1. The molecule has 0 saturated heterocycles. The molecule has 0 fully saturated rings. The van der Waals surface area contributed by atoms with Crippen molar-refractivity contribution < 1.29 is 4.74 Å². The van der Waals surface area contributed by atoms with Gasteiger partial charge in [-0.15, -0.1) is 0 Å². The highest BCUT2D eigenvalue weighted by Crippen LogP contribution is 2.24. The fourth-order valence-electron chi connectivity index (χ4n) is 4.16. The Morgan fingerprint density at radius 2 is 1.09 bits per heavy atom. The summed E-state index contributed by atoms with van der Waals surface area (Å²) < 4.78 is 5.54. The van der Waals surface area contributed by atoms with Crippen molar-refractivity contribution in [1.29, 1.82) is 0 Å². The second-order valence-electron chi connectivity index (χ2n) is 8.49. The van der Waals surface area contributed by atoms with Crippen LogP contribution in [0.5, 0.6) is 5.75 Å². The highest BCUT2D eigenvalue weighted by atomic mass is 16.5. The van der Waals surface area contributed by atoms with Gasteiger partial charge < -0.3 is 4.74 Å². The van der Waals surface area contributed by atoms with E-state index in [0.29, 0.717) is 12.5 Å². The van der Waals surface area contributed by atoms with Crippen molar-refractivity contribution in [2.75, 3.05) is 6.61 Å². The predicted molar refractivity (Wildman–Crippen MR) is 135 cm³/mol. The smallest absolute Gasteiger partial charge is 0.119 e. The third-order valence-electron chi connectivity index (χ3n) is 6.09. The molecule has 1 atom stereocenters. The van der Waals surface area contributed by atoms with E-state index in [2.05, 4.69) is 97.9 Å². The topological polar surface area (TPSA) is 9.23 Å². The summed E-state index contributed by atoms with van der Waals surface area (Å²) in [5.41, 5.74) is 8.06. The molecule has 0 saturated carbocycles. The lowest BCUT2D eigenvalue weighted by Crippen LogP contribution is -1.99. The number of rotatable bonds is 9. The van der Waals surface area contributed by atoms with Gasteiger partial charge >= 0.3 is 0 Å². The maximum atomic E-state index is 5.54. The average molecular weight is 421 g/mol. The van der Waals surface area contributed by atoms with Gasteiger partial charge in [0, 0.05) is 0 Å². The van der Waals surface area contributed by atoms with Gasteiger partial charge in [-0.25, -0.2) is 0 Å². The van der Waals surface area contributed by atoms with Crippen molar-refractivity contribution in [3.05, 3.63) is 125 Å². The van der Waals surface area contributed by atoms with Crippen LogP contribution in [0.1, 0.15) is 42.0 Å². The van der Waals surface area contributed by atoms with Crippen LogP contribution in [0, 0.1) is 0 Å². The van der Waals surface area contributed by atoms with Crippen LogP contribution in [0.3, 0.4) is 0 Å². The molecule has 32 heavy (non-hydrogen) atoms. The normalized spacial score (nSPS) is 11.8. The minimum absolute atomic E-state index is 0.538. The van der Waals surface area contributed by atoms with Crippen molar-refractivity contribution in [3.8, 4) is 16.9 Å². The largest absolute Gasteiger partial charge is 0.494 e. The van der Waals surface area contributed by atoms with E-state index in [1.807, 2.05) is 19.1 Å². The summed E-state index contributed by atoms with van der Waals surface area (Å²) in [5, 5.41) is 0. The summed E-state index contributed by atoms with van der Waals surface area (Å²) >= 11 is 0. The lowest BCUT2D eigenvalue weighted by Gasteiger charge is -2.12. The lowest BCUT2D eigenvalue weighted by molar-refractivity contribution is 0.340. The van der Waals surface area contributed by atoms with Gasteiger partial charge in [-0.2, -0.15) is 0 Å². The molecule has 0 aromatic heterocycles. The summed E-state index contributed by atoms with van der Waals surface area (Å²) in [6, 6.07) is 37.2. The van der Waals surface area contributed by atoms with Gasteiger partial charge in [-0.1, -0.05) is 97.9 Å². The Morgan fingerprint density at radius 1 is 0.594 bits per heavy atom. The summed E-state index contributed by atoms with van der Waals surface area (Å²) in [6.45, 7) is 5.01. The van der Waals surface area contributed by atoms with Crippen LogP contribution in [0.2, 0.25) is 0 Å². The molecular formula is C31H32O. The molecule has 0 aliphatic carbocycles. The van der Waals surface area contributed by atoms with Crippen molar-refractivity contribution in [2.45, 2.75) is 39.0 Å². The van der Waals surface area contributed by atoms with E-state index in [-0.39, 0.29) is 0 Å². The Bertz CT molecular complexity index is 1080. The minimum Gasteiger partial charge on any atom is -0.494 e. The van der Waals surface area contributed by atoms with Crippen LogP contribution < -0.4 is 4.74 Å². The second-order valence-corrected chi connectivity index (χ2v) is 8.49. The molecule has 0 radical (unpaired) electrons. The minimum atomic E-state index is 0.538. The zero-order valence-electron chi connectivity index (χ0n) is 19.1. The molecule has 1 nitrogen and oxygen atoms in total. The Hall–Kier alpha value is -3.32. The average Bonchev–Trinajstić information content (AvgIpc) is 2.85. The second kappa shape index (κ2) is 10.8. The Kier molecular flexibility index (Phi) is 7.40. The monoisotopic (exact) mass is 420 g/mol. The molecule has 0 spiro atoms. The summed E-state index contributed by atoms with van der Waals surface area (Å²) in [6.07, 6.45) is 3.21. The van der Waals surface area contributed by atoms with Crippen LogP contribution in [0.4, 0.5) is 0 Å². The first-order valence-electron chi connectivity index (χ1n) is 11.7.